The summed E-state index contributed by atoms with van der Waals surface area (Å²) in [5.74, 6) is -2.10. The summed E-state index contributed by atoms with van der Waals surface area (Å²) in [4.78, 5) is 27.1. The molecule has 4 aromatic rings. The molecule has 0 saturated heterocycles. The third-order valence-electron chi connectivity index (χ3n) is 6.73. The lowest BCUT2D eigenvalue weighted by molar-refractivity contribution is 0.306. The molecule has 0 unspecified atom stereocenters. The van der Waals surface area contributed by atoms with Crippen LogP contribution in [0.5, 0.6) is 17.5 Å². The molecular formula is C27H26Cl2N4O5S2. The van der Waals surface area contributed by atoms with Gasteiger partial charge in [-0.15, -0.1) is 0 Å². The van der Waals surface area contributed by atoms with Gasteiger partial charge in [-0.1, -0.05) is 53.0 Å². The number of rotatable bonds is 6. The highest BCUT2D eigenvalue weighted by atomic mass is 35.5. The topological polar surface area (TPSA) is 104 Å². The van der Waals surface area contributed by atoms with Gasteiger partial charge in [0.25, 0.3) is 11.1 Å². The molecule has 2 aromatic heterocycles. The molecule has 0 aliphatic rings. The van der Waals surface area contributed by atoms with Crippen molar-refractivity contribution >= 4 is 47.6 Å². The van der Waals surface area contributed by atoms with Gasteiger partial charge in [-0.2, -0.15) is 0 Å². The summed E-state index contributed by atoms with van der Waals surface area (Å²) < 4.78 is 10.8. The Morgan fingerprint density at radius 1 is 0.825 bits per heavy atom. The molecule has 0 saturated carbocycles. The second-order valence-corrected chi connectivity index (χ2v) is 11.0. The number of aromatic nitrogens is 4. The highest BCUT2D eigenvalue weighted by molar-refractivity contribution is 7.71. The molecule has 40 heavy (non-hydrogen) atoms. The fourth-order valence-corrected chi connectivity index (χ4v) is 5.50. The quantitative estimate of drug-likeness (QED) is 0.292. The smallest absolute Gasteiger partial charge is 0.262 e. The van der Waals surface area contributed by atoms with Gasteiger partial charge in [-0.3, -0.25) is 27.9 Å². The summed E-state index contributed by atoms with van der Waals surface area (Å²) in [6, 6.07) is 10.7. The predicted octanol–water partition coefficient (Wildman–Crippen LogP) is 5.01. The molecular weight excluding hydrogens is 595 g/mol. The molecule has 210 valence electrons. The van der Waals surface area contributed by atoms with Gasteiger partial charge in [0.2, 0.25) is 11.8 Å². The Hall–Kier alpha value is -3.38. The number of hydrogen-bond donors (Lipinski definition) is 2. The van der Waals surface area contributed by atoms with Crippen molar-refractivity contribution in [1.82, 2.24) is 18.3 Å². The molecule has 2 heterocycles. The summed E-state index contributed by atoms with van der Waals surface area (Å²) in [6.45, 7) is 2.16. The van der Waals surface area contributed by atoms with Crippen molar-refractivity contribution in [3.05, 3.63) is 105 Å². The van der Waals surface area contributed by atoms with Crippen molar-refractivity contribution in [2.24, 2.45) is 28.2 Å². The number of ether oxygens (including phenoxy) is 1. The maximum atomic E-state index is 13.5. The lowest BCUT2D eigenvalue weighted by atomic mass is 9.86. The van der Waals surface area contributed by atoms with Crippen molar-refractivity contribution in [2.45, 2.75) is 19.4 Å². The summed E-state index contributed by atoms with van der Waals surface area (Å²) >= 11 is 23.8. The van der Waals surface area contributed by atoms with Crippen LogP contribution in [0.15, 0.2) is 46.0 Å². The standard InChI is InChI=1S/C27H26Cl2N4O5S2/c1-13-7-6-8-14(9-13)12-38-21-16(28)10-15(11-17(21)29)18(19-22(34)30(2)26(39)31(3)23(19)35)20-24(36)32(4)27(40)33(5)25(20)37/h6-11,18,34,36H,12H2,1-5H3. The van der Waals surface area contributed by atoms with Gasteiger partial charge in [0.05, 0.1) is 27.1 Å². The van der Waals surface area contributed by atoms with Gasteiger partial charge in [0.15, 0.2) is 15.3 Å². The van der Waals surface area contributed by atoms with Crippen LogP contribution >= 0.6 is 47.6 Å². The van der Waals surface area contributed by atoms with E-state index >= 15 is 0 Å². The highest BCUT2D eigenvalue weighted by Crippen LogP contribution is 2.42. The van der Waals surface area contributed by atoms with E-state index in [0.29, 0.717) is 0 Å². The first-order valence-electron chi connectivity index (χ1n) is 11.9. The average molecular weight is 622 g/mol. The molecule has 2 N–H and O–H groups in total. The first-order chi connectivity index (χ1) is 18.8. The maximum Gasteiger partial charge on any atom is 0.262 e. The molecule has 0 spiro atoms. The molecule has 13 heteroatoms. The highest BCUT2D eigenvalue weighted by Gasteiger charge is 2.33. The fraction of sp³-hybridized carbons (Fsp3) is 0.259. The molecule has 0 amide bonds. The van der Waals surface area contributed by atoms with Crippen LogP contribution in [0.25, 0.3) is 0 Å². The van der Waals surface area contributed by atoms with Crippen LogP contribution in [0.1, 0.15) is 33.7 Å². The third-order valence-corrected chi connectivity index (χ3v) is 8.39. The average Bonchev–Trinajstić information content (AvgIpc) is 2.91. The van der Waals surface area contributed by atoms with Gasteiger partial charge in [0, 0.05) is 28.2 Å². The first-order valence-corrected chi connectivity index (χ1v) is 13.5. The van der Waals surface area contributed by atoms with Crippen LogP contribution in [0.4, 0.5) is 0 Å². The molecule has 2 aromatic carbocycles. The fourth-order valence-electron chi connectivity index (χ4n) is 4.54. The first kappa shape index (κ1) is 29.6. The third kappa shape index (κ3) is 5.10. The Bertz CT molecular complexity index is 1800. The number of halogens is 2. The van der Waals surface area contributed by atoms with Gasteiger partial charge in [0.1, 0.15) is 6.61 Å². The van der Waals surface area contributed by atoms with Crippen LogP contribution in [0.3, 0.4) is 0 Å². The minimum atomic E-state index is -1.32. The summed E-state index contributed by atoms with van der Waals surface area (Å²) in [7, 11) is 5.84. The Morgan fingerprint density at radius 3 is 1.75 bits per heavy atom. The van der Waals surface area contributed by atoms with E-state index in [4.69, 9.17) is 52.4 Å². The van der Waals surface area contributed by atoms with Gasteiger partial charge >= 0.3 is 0 Å². The van der Waals surface area contributed by atoms with Crippen molar-refractivity contribution in [1.29, 1.82) is 0 Å². The molecule has 0 radical (unpaired) electrons. The minimum Gasteiger partial charge on any atom is -0.494 e. The predicted molar refractivity (Wildman–Crippen MR) is 159 cm³/mol. The number of aromatic hydroxyl groups is 2. The van der Waals surface area contributed by atoms with E-state index in [2.05, 4.69) is 0 Å². The summed E-state index contributed by atoms with van der Waals surface area (Å²) in [5, 5.41) is 22.5. The minimum absolute atomic E-state index is 0.0459. The van der Waals surface area contributed by atoms with E-state index in [1.165, 1.54) is 49.5 Å². The Balaban J connectivity index is 2.00. The Labute approximate surface area is 249 Å². The molecule has 0 fully saturated rings. The van der Waals surface area contributed by atoms with E-state index < -0.39 is 28.8 Å². The monoisotopic (exact) mass is 620 g/mol. The normalized spacial score (nSPS) is 11.3. The van der Waals surface area contributed by atoms with E-state index in [9.17, 15) is 19.8 Å². The van der Waals surface area contributed by atoms with Crippen molar-refractivity contribution in [2.75, 3.05) is 0 Å². The van der Waals surface area contributed by atoms with Gasteiger partial charge < -0.3 is 14.9 Å². The lowest BCUT2D eigenvalue weighted by Crippen LogP contribution is -2.33. The molecule has 0 atom stereocenters. The second-order valence-electron chi connectivity index (χ2n) is 9.41. The zero-order valence-corrected chi connectivity index (χ0v) is 25.4. The van der Waals surface area contributed by atoms with Crippen molar-refractivity contribution in [3.8, 4) is 17.5 Å². The summed E-state index contributed by atoms with van der Waals surface area (Å²) in [6.07, 6.45) is 0. The number of nitrogens with zero attached hydrogens (tertiary/aromatic N) is 4. The number of aryl methyl sites for hydroxylation is 1. The zero-order valence-electron chi connectivity index (χ0n) is 22.2. The number of benzene rings is 2. The van der Waals surface area contributed by atoms with Crippen LogP contribution in [-0.4, -0.2) is 28.5 Å². The Kier molecular flexibility index (Phi) is 8.32. The molecule has 0 bridgehead atoms. The zero-order chi connectivity index (χ0) is 29.6. The second kappa shape index (κ2) is 11.2. The van der Waals surface area contributed by atoms with Crippen LogP contribution < -0.4 is 15.9 Å². The SMILES string of the molecule is Cc1cccc(COc2c(Cl)cc(C(c3c(O)n(C)c(=S)n(C)c3=O)c3c(O)n(C)c(=S)n(C)c3=O)cc2Cl)c1. The maximum absolute atomic E-state index is 13.5. The number of hydrogen-bond acceptors (Lipinski definition) is 7. The lowest BCUT2D eigenvalue weighted by Gasteiger charge is -2.24. The Morgan fingerprint density at radius 2 is 1.30 bits per heavy atom. The van der Waals surface area contributed by atoms with E-state index in [1.807, 2.05) is 31.2 Å². The largest absolute Gasteiger partial charge is 0.494 e. The molecule has 0 aliphatic heterocycles. The summed E-state index contributed by atoms with van der Waals surface area (Å²) in [5.41, 5.74) is 0.423. The van der Waals surface area contributed by atoms with Crippen molar-refractivity contribution in [3.63, 3.8) is 0 Å². The van der Waals surface area contributed by atoms with Crippen LogP contribution in [0, 0.1) is 16.5 Å². The van der Waals surface area contributed by atoms with E-state index in [-0.39, 0.29) is 48.6 Å². The molecule has 0 aliphatic carbocycles. The van der Waals surface area contributed by atoms with E-state index in [0.717, 1.165) is 20.3 Å². The molecule has 4 rings (SSSR count). The van der Waals surface area contributed by atoms with Crippen LogP contribution in [0.2, 0.25) is 10.0 Å². The van der Waals surface area contributed by atoms with Gasteiger partial charge in [-0.05, 0) is 54.6 Å². The van der Waals surface area contributed by atoms with Crippen molar-refractivity contribution < 1.29 is 14.9 Å². The van der Waals surface area contributed by atoms with E-state index in [1.54, 1.807) is 0 Å². The van der Waals surface area contributed by atoms with Gasteiger partial charge in [-0.25, -0.2) is 0 Å². The molecule has 9 nitrogen and oxygen atoms in total. The van der Waals surface area contributed by atoms with Crippen LogP contribution in [-0.2, 0) is 34.8 Å².